The van der Waals surface area contributed by atoms with Crippen molar-refractivity contribution in [1.29, 1.82) is 0 Å². The lowest BCUT2D eigenvalue weighted by Crippen LogP contribution is -2.45. The zero-order chi connectivity index (χ0) is 13.9. The van der Waals surface area contributed by atoms with Crippen LogP contribution in [-0.4, -0.2) is 38.3 Å². The molecule has 1 fully saturated rings. The lowest BCUT2D eigenvalue weighted by Gasteiger charge is -2.24. The lowest BCUT2D eigenvalue weighted by atomic mass is 10.1. The summed E-state index contributed by atoms with van der Waals surface area (Å²) in [5.41, 5.74) is 0.590. The maximum Gasteiger partial charge on any atom is 0.251 e. The minimum absolute atomic E-state index is 0. The van der Waals surface area contributed by atoms with Gasteiger partial charge in [-0.1, -0.05) is 0 Å². The number of ether oxygens (including phenoxy) is 2. The zero-order valence-corrected chi connectivity index (χ0v) is 13.9. The molecule has 0 bridgehead atoms. The Bertz CT molecular complexity index is 521. The van der Waals surface area contributed by atoms with Crippen LogP contribution < -0.4 is 20.1 Å². The fourth-order valence-corrected chi connectivity index (χ4v) is 3.04. The van der Waals surface area contributed by atoms with Gasteiger partial charge in [0.25, 0.3) is 5.91 Å². The number of halogens is 2. The van der Waals surface area contributed by atoms with E-state index in [1.54, 1.807) is 12.1 Å². The Kier molecular flexibility index (Phi) is 5.72. The van der Waals surface area contributed by atoms with Crippen molar-refractivity contribution in [2.45, 2.75) is 18.9 Å². The van der Waals surface area contributed by atoms with Crippen LogP contribution in [0.3, 0.4) is 0 Å². The summed E-state index contributed by atoms with van der Waals surface area (Å²) in [7, 11) is 0. The normalized spacial score (nSPS) is 20.3. The van der Waals surface area contributed by atoms with Gasteiger partial charge in [0.05, 0.1) is 4.47 Å². The van der Waals surface area contributed by atoms with E-state index in [-0.39, 0.29) is 24.4 Å². The number of hydrogen-bond donors (Lipinski definition) is 2. The van der Waals surface area contributed by atoms with E-state index in [1.165, 1.54) is 0 Å². The topological polar surface area (TPSA) is 59.6 Å². The summed E-state index contributed by atoms with van der Waals surface area (Å²) < 4.78 is 11.8. The summed E-state index contributed by atoms with van der Waals surface area (Å²) >= 11 is 3.43. The monoisotopic (exact) mass is 376 g/mol. The van der Waals surface area contributed by atoms with E-state index in [9.17, 15) is 4.79 Å². The molecule has 1 aromatic carbocycles. The number of fused-ring (bicyclic) bond motifs is 1. The molecule has 21 heavy (non-hydrogen) atoms. The fraction of sp³-hybridized carbons (Fsp3) is 0.500. The van der Waals surface area contributed by atoms with Crippen molar-refractivity contribution >= 4 is 34.2 Å². The first-order valence-corrected chi connectivity index (χ1v) is 7.64. The molecular formula is C14H18BrClN2O3. The van der Waals surface area contributed by atoms with Gasteiger partial charge in [-0.15, -0.1) is 12.4 Å². The smallest absolute Gasteiger partial charge is 0.251 e. The predicted molar refractivity (Wildman–Crippen MR) is 85.7 cm³/mol. The molecule has 116 valence electrons. The molecule has 7 heteroatoms. The first kappa shape index (κ1) is 16.4. The van der Waals surface area contributed by atoms with Crippen molar-refractivity contribution in [3.8, 4) is 11.5 Å². The summed E-state index contributed by atoms with van der Waals surface area (Å²) in [6.45, 7) is 2.90. The maximum atomic E-state index is 12.3. The highest BCUT2D eigenvalue weighted by Gasteiger charge is 2.21. The second-order valence-electron chi connectivity index (χ2n) is 5.00. The molecule has 0 aliphatic carbocycles. The number of benzene rings is 1. The van der Waals surface area contributed by atoms with E-state index < -0.39 is 0 Å². The van der Waals surface area contributed by atoms with E-state index in [2.05, 4.69) is 26.6 Å². The Morgan fingerprint density at radius 3 is 2.90 bits per heavy atom. The van der Waals surface area contributed by atoms with Crippen molar-refractivity contribution in [2.24, 2.45) is 0 Å². The third kappa shape index (κ3) is 3.81. The highest BCUT2D eigenvalue weighted by molar-refractivity contribution is 9.10. The summed E-state index contributed by atoms with van der Waals surface area (Å²) in [4.78, 5) is 12.3. The van der Waals surface area contributed by atoms with Crippen LogP contribution in [-0.2, 0) is 0 Å². The maximum absolute atomic E-state index is 12.3. The third-order valence-corrected chi connectivity index (χ3v) is 4.08. The molecule has 1 saturated heterocycles. The molecule has 2 aliphatic heterocycles. The van der Waals surface area contributed by atoms with E-state index in [4.69, 9.17) is 9.47 Å². The number of piperidine rings is 1. The third-order valence-electron chi connectivity index (χ3n) is 3.49. The second kappa shape index (κ2) is 7.33. The molecule has 5 nitrogen and oxygen atoms in total. The van der Waals surface area contributed by atoms with Gasteiger partial charge in [0.1, 0.15) is 13.2 Å². The van der Waals surface area contributed by atoms with Crippen LogP contribution >= 0.6 is 28.3 Å². The van der Waals surface area contributed by atoms with Crippen LogP contribution in [0.2, 0.25) is 0 Å². The van der Waals surface area contributed by atoms with Crippen LogP contribution in [0.4, 0.5) is 0 Å². The highest BCUT2D eigenvalue weighted by atomic mass is 79.9. The molecule has 2 heterocycles. The summed E-state index contributed by atoms with van der Waals surface area (Å²) in [6.07, 6.45) is 2.11. The molecule has 1 amide bonds. The molecule has 0 saturated carbocycles. The van der Waals surface area contributed by atoms with E-state index in [1.807, 2.05) is 0 Å². The standard InChI is InChI=1S/C14H17BrN2O3.ClH/c15-11-6-9(7-12-13(11)20-5-4-19-12)14(18)17-10-2-1-3-16-8-10;/h6-7,10,16H,1-5,8H2,(H,17,18);1H. The SMILES string of the molecule is Cl.O=C(NC1CCCNC1)c1cc(Br)c2c(c1)OCCO2. The molecular weight excluding hydrogens is 360 g/mol. The van der Waals surface area contributed by atoms with Crippen molar-refractivity contribution < 1.29 is 14.3 Å². The molecule has 0 aromatic heterocycles. The van der Waals surface area contributed by atoms with Gasteiger partial charge >= 0.3 is 0 Å². The fourth-order valence-electron chi connectivity index (χ4n) is 2.49. The molecule has 0 spiro atoms. The van der Waals surface area contributed by atoms with Crippen LogP contribution in [0.1, 0.15) is 23.2 Å². The minimum atomic E-state index is -0.0728. The first-order valence-electron chi connectivity index (χ1n) is 6.85. The van der Waals surface area contributed by atoms with Crippen LogP contribution in [0.5, 0.6) is 11.5 Å². The summed E-state index contributed by atoms with van der Waals surface area (Å²) in [6, 6.07) is 3.72. The number of amides is 1. The Labute approximate surface area is 138 Å². The Morgan fingerprint density at radius 2 is 2.14 bits per heavy atom. The zero-order valence-electron chi connectivity index (χ0n) is 11.5. The van der Waals surface area contributed by atoms with Crippen LogP contribution in [0.25, 0.3) is 0 Å². The van der Waals surface area contributed by atoms with Crippen molar-refractivity contribution in [2.75, 3.05) is 26.3 Å². The molecule has 2 aliphatic rings. The molecule has 1 unspecified atom stereocenters. The van der Waals surface area contributed by atoms with Gasteiger partial charge in [-0.05, 0) is 47.4 Å². The predicted octanol–water partition coefficient (Wildman–Crippen LogP) is 2.12. The van der Waals surface area contributed by atoms with Gasteiger partial charge < -0.3 is 20.1 Å². The van der Waals surface area contributed by atoms with Gasteiger partial charge in [0.15, 0.2) is 11.5 Å². The molecule has 1 atom stereocenters. The number of carbonyl (C=O) groups is 1. The van der Waals surface area contributed by atoms with Gasteiger partial charge in [-0.2, -0.15) is 0 Å². The summed E-state index contributed by atoms with van der Waals surface area (Å²) in [5, 5.41) is 6.33. The lowest BCUT2D eigenvalue weighted by molar-refractivity contribution is 0.0929. The van der Waals surface area contributed by atoms with Crippen LogP contribution in [0.15, 0.2) is 16.6 Å². The Hall–Kier alpha value is -0.980. The Morgan fingerprint density at radius 1 is 1.33 bits per heavy atom. The molecule has 2 N–H and O–H groups in total. The largest absolute Gasteiger partial charge is 0.486 e. The van der Waals surface area contributed by atoms with Gasteiger partial charge in [0, 0.05) is 18.2 Å². The second-order valence-corrected chi connectivity index (χ2v) is 5.85. The number of nitrogens with one attached hydrogen (secondary N) is 2. The van der Waals surface area contributed by atoms with E-state index in [0.717, 1.165) is 30.4 Å². The average Bonchev–Trinajstić information content (AvgIpc) is 2.48. The molecule has 3 rings (SSSR count). The number of carbonyl (C=O) groups excluding carboxylic acids is 1. The average molecular weight is 378 g/mol. The first-order chi connectivity index (χ1) is 9.74. The number of rotatable bonds is 2. The van der Waals surface area contributed by atoms with Gasteiger partial charge in [-0.3, -0.25) is 4.79 Å². The minimum Gasteiger partial charge on any atom is -0.486 e. The van der Waals surface area contributed by atoms with Crippen molar-refractivity contribution in [1.82, 2.24) is 10.6 Å². The number of hydrogen-bond acceptors (Lipinski definition) is 4. The van der Waals surface area contributed by atoms with Gasteiger partial charge in [0.2, 0.25) is 0 Å². The van der Waals surface area contributed by atoms with Crippen molar-refractivity contribution in [3.05, 3.63) is 22.2 Å². The van der Waals surface area contributed by atoms with E-state index in [0.29, 0.717) is 30.3 Å². The quantitative estimate of drug-likeness (QED) is 0.829. The van der Waals surface area contributed by atoms with Crippen molar-refractivity contribution in [3.63, 3.8) is 0 Å². The van der Waals surface area contributed by atoms with Gasteiger partial charge in [-0.25, -0.2) is 0 Å². The van der Waals surface area contributed by atoms with Crippen LogP contribution in [0, 0.1) is 0 Å². The molecule has 0 radical (unpaired) electrons. The summed E-state index contributed by atoms with van der Waals surface area (Å²) in [5.74, 6) is 1.22. The Balaban J connectivity index is 0.00000161. The highest BCUT2D eigenvalue weighted by Crippen LogP contribution is 2.38. The van der Waals surface area contributed by atoms with E-state index >= 15 is 0 Å². The molecule has 1 aromatic rings.